The van der Waals surface area contributed by atoms with E-state index in [1.807, 2.05) is 12.2 Å². The predicted octanol–water partition coefficient (Wildman–Crippen LogP) is 0.190. The first-order valence-electron chi connectivity index (χ1n) is 4.86. The normalized spacial score (nSPS) is 31.4. The summed E-state index contributed by atoms with van der Waals surface area (Å²) in [5, 5.41) is 0. The van der Waals surface area contributed by atoms with E-state index in [0.717, 1.165) is 0 Å². The van der Waals surface area contributed by atoms with E-state index in [-0.39, 0.29) is 5.91 Å². The summed E-state index contributed by atoms with van der Waals surface area (Å²) < 4.78 is 10.6. The van der Waals surface area contributed by atoms with Crippen LogP contribution in [0.4, 0.5) is 0 Å². The van der Waals surface area contributed by atoms with Gasteiger partial charge in [-0.05, 0) is 0 Å². The van der Waals surface area contributed by atoms with Crippen molar-refractivity contribution in [2.24, 2.45) is 0 Å². The van der Waals surface area contributed by atoms with Crippen LogP contribution in [0.3, 0.4) is 0 Å². The highest BCUT2D eigenvalue weighted by atomic mass is 16.6. The topological polar surface area (TPSA) is 38.8 Å². The molecule has 1 atom stereocenters. The lowest BCUT2D eigenvalue weighted by Crippen LogP contribution is -2.50. The lowest BCUT2D eigenvalue weighted by Gasteiger charge is -2.29. The Labute approximate surface area is 83.5 Å². The molecule has 1 fully saturated rings. The third-order valence-corrected chi connectivity index (χ3v) is 2.87. The van der Waals surface area contributed by atoms with Crippen LogP contribution in [0.5, 0.6) is 0 Å². The number of amides is 1. The number of rotatable bonds is 2. The minimum atomic E-state index is -0.716. The van der Waals surface area contributed by atoms with Crippen molar-refractivity contribution in [2.75, 3.05) is 33.4 Å². The van der Waals surface area contributed by atoms with Gasteiger partial charge in [-0.25, -0.2) is 0 Å². The summed E-state index contributed by atoms with van der Waals surface area (Å²) >= 11 is 0. The van der Waals surface area contributed by atoms with E-state index in [1.54, 1.807) is 12.0 Å². The number of carbonyl (C=O) groups excluding carboxylic acids is 1. The van der Waals surface area contributed by atoms with Gasteiger partial charge in [0, 0.05) is 26.6 Å². The molecule has 1 unspecified atom stereocenters. The molecule has 0 bridgehead atoms. The van der Waals surface area contributed by atoms with Gasteiger partial charge in [0.05, 0.1) is 13.2 Å². The fraction of sp³-hybridized carbons (Fsp3) is 0.700. The monoisotopic (exact) mass is 197 g/mol. The van der Waals surface area contributed by atoms with Gasteiger partial charge in [-0.3, -0.25) is 4.79 Å². The summed E-state index contributed by atoms with van der Waals surface area (Å²) in [6.07, 6.45) is 4.66. The molecule has 0 saturated carbocycles. The molecule has 0 aromatic carbocycles. The maximum Gasteiger partial charge on any atom is 0.257 e. The molecular formula is C10H15NO3. The van der Waals surface area contributed by atoms with E-state index in [1.165, 1.54) is 0 Å². The first kappa shape index (κ1) is 9.68. The fourth-order valence-electron chi connectivity index (χ4n) is 1.90. The van der Waals surface area contributed by atoms with Crippen molar-refractivity contribution in [1.82, 2.24) is 4.90 Å². The Balaban J connectivity index is 2.07. The molecule has 1 saturated heterocycles. The highest BCUT2D eigenvalue weighted by Gasteiger charge is 2.45. The van der Waals surface area contributed by atoms with Gasteiger partial charge in [0.2, 0.25) is 0 Å². The first-order chi connectivity index (χ1) is 6.78. The van der Waals surface area contributed by atoms with Crippen LogP contribution in [0, 0.1) is 0 Å². The van der Waals surface area contributed by atoms with E-state index in [0.29, 0.717) is 32.7 Å². The van der Waals surface area contributed by atoms with Crippen molar-refractivity contribution < 1.29 is 14.3 Å². The van der Waals surface area contributed by atoms with Gasteiger partial charge in [0.15, 0.2) is 5.60 Å². The number of methoxy groups -OCH3 is 1. The van der Waals surface area contributed by atoms with Gasteiger partial charge in [-0.15, -0.1) is 0 Å². The third kappa shape index (κ3) is 1.44. The van der Waals surface area contributed by atoms with Crippen molar-refractivity contribution >= 4 is 5.91 Å². The van der Waals surface area contributed by atoms with E-state index in [2.05, 4.69) is 0 Å². The second-order valence-corrected chi connectivity index (χ2v) is 3.68. The Morgan fingerprint density at radius 1 is 1.50 bits per heavy atom. The van der Waals surface area contributed by atoms with Crippen LogP contribution < -0.4 is 0 Å². The van der Waals surface area contributed by atoms with Gasteiger partial charge in [-0.2, -0.15) is 0 Å². The van der Waals surface area contributed by atoms with Crippen molar-refractivity contribution in [3.05, 3.63) is 12.2 Å². The van der Waals surface area contributed by atoms with E-state index < -0.39 is 5.60 Å². The third-order valence-electron chi connectivity index (χ3n) is 2.87. The largest absolute Gasteiger partial charge is 0.378 e. The highest BCUT2D eigenvalue weighted by molar-refractivity contribution is 5.86. The van der Waals surface area contributed by atoms with Crippen molar-refractivity contribution in [2.45, 2.75) is 12.0 Å². The summed E-state index contributed by atoms with van der Waals surface area (Å²) in [6, 6.07) is 0. The van der Waals surface area contributed by atoms with E-state index in [9.17, 15) is 4.79 Å². The zero-order valence-corrected chi connectivity index (χ0v) is 8.36. The molecule has 14 heavy (non-hydrogen) atoms. The fourth-order valence-corrected chi connectivity index (χ4v) is 1.90. The molecule has 2 heterocycles. The zero-order valence-electron chi connectivity index (χ0n) is 8.36. The van der Waals surface area contributed by atoms with Gasteiger partial charge in [0.1, 0.15) is 0 Å². The van der Waals surface area contributed by atoms with Crippen LogP contribution in [0.15, 0.2) is 12.2 Å². The van der Waals surface area contributed by atoms with Crippen LogP contribution in [0.25, 0.3) is 0 Å². The van der Waals surface area contributed by atoms with Gasteiger partial charge >= 0.3 is 0 Å². The molecule has 78 valence electrons. The molecule has 0 aromatic heterocycles. The Morgan fingerprint density at radius 3 is 2.71 bits per heavy atom. The quantitative estimate of drug-likeness (QED) is 0.593. The molecule has 2 aliphatic rings. The van der Waals surface area contributed by atoms with Crippen LogP contribution in [0.1, 0.15) is 6.42 Å². The summed E-state index contributed by atoms with van der Waals surface area (Å²) in [7, 11) is 1.58. The minimum Gasteiger partial charge on any atom is -0.378 e. The molecule has 4 heteroatoms. The molecule has 0 aliphatic carbocycles. The Hall–Kier alpha value is -0.870. The lowest BCUT2D eigenvalue weighted by molar-refractivity contribution is -0.153. The molecule has 4 nitrogen and oxygen atoms in total. The zero-order chi connectivity index (χ0) is 10.0. The number of carbonyl (C=O) groups is 1. The summed E-state index contributed by atoms with van der Waals surface area (Å²) in [6.45, 7) is 2.40. The highest BCUT2D eigenvalue weighted by Crippen LogP contribution is 2.25. The first-order valence-corrected chi connectivity index (χ1v) is 4.86. The van der Waals surface area contributed by atoms with Crippen LogP contribution >= 0.6 is 0 Å². The van der Waals surface area contributed by atoms with E-state index >= 15 is 0 Å². The summed E-state index contributed by atoms with van der Waals surface area (Å²) in [5.41, 5.74) is -0.716. The standard InChI is InChI=1S/C10H15NO3/c1-13-10(4-7-14-8-10)9(12)11-5-2-3-6-11/h2-3H,4-8H2,1H3. The Bertz CT molecular complexity index is 248. The second kappa shape index (κ2) is 3.71. The van der Waals surface area contributed by atoms with Crippen molar-refractivity contribution in [1.29, 1.82) is 0 Å². The molecule has 0 radical (unpaired) electrons. The van der Waals surface area contributed by atoms with Gasteiger partial charge < -0.3 is 14.4 Å². The molecule has 0 N–H and O–H groups in total. The predicted molar refractivity (Wildman–Crippen MR) is 50.9 cm³/mol. The van der Waals surface area contributed by atoms with Gasteiger partial charge in [-0.1, -0.05) is 12.2 Å². The number of ether oxygens (including phenoxy) is 2. The maximum atomic E-state index is 12.1. The number of hydrogen-bond donors (Lipinski definition) is 0. The molecule has 0 spiro atoms. The molecule has 0 aromatic rings. The summed E-state index contributed by atoms with van der Waals surface area (Å²) in [4.78, 5) is 13.9. The SMILES string of the molecule is COC1(C(=O)N2CC=CC2)CCOC1. The number of hydrogen-bond acceptors (Lipinski definition) is 3. The summed E-state index contributed by atoms with van der Waals surface area (Å²) in [5.74, 6) is 0.0579. The second-order valence-electron chi connectivity index (χ2n) is 3.68. The van der Waals surface area contributed by atoms with Crippen LogP contribution in [-0.2, 0) is 14.3 Å². The minimum absolute atomic E-state index is 0.0579. The average molecular weight is 197 g/mol. The lowest BCUT2D eigenvalue weighted by atomic mass is 10.0. The molecule has 1 amide bonds. The van der Waals surface area contributed by atoms with Crippen molar-refractivity contribution in [3.63, 3.8) is 0 Å². The molecule has 2 aliphatic heterocycles. The molecular weight excluding hydrogens is 182 g/mol. The smallest absolute Gasteiger partial charge is 0.257 e. The Morgan fingerprint density at radius 2 is 2.21 bits per heavy atom. The van der Waals surface area contributed by atoms with Crippen molar-refractivity contribution in [3.8, 4) is 0 Å². The van der Waals surface area contributed by atoms with Crippen LogP contribution in [-0.4, -0.2) is 49.8 Å². The van der Waals surface area contributed by atoms with Gasteiger partial charge in [0.25, 0.3) is 5.91 Å². The van der Waals surface area contributed by atoms with Crippen LogP contribution in [0.2, 0.25) is 0 Å². The van der Waals surface area contributed by atoms with E-state index in [4.69, 9.17) is 9.47 Å². The maximum absolute atomic E-state index is 12.1. The average Bonchev–Trinajstić information content (AvgIpc) is 2.89. The number of nitrogens with zero attached hydrogens (tertiary/aromatic N) is 1. The Kier molecular flexibility index (Phi) is 2.56. The molecule has 2 rings (SSSR count).